The molecule has 1 heterocycles. The molecule has 1 aliphatic rings. The number of hydrogen-bond donors (Lipinski definition) is 4. The molecule has 3 amide bonds. The first-order valence-electron chi connectivity index (χ1n) is 9.46. The van der Waals surface area contributed by atoms with E-state index in [1.807, 2.05) is 27.7 Å². The number of nitrogens with one attached hydrogen (secondary N) is 2. The van der Waals surface area contributed by atoms with Crippen LogP contribution in [0.5, 0.6) is 0 Å². The minimum atomic E-state index is -1.15. The molecule has 154 valence electrons. The second kappa shape index (κ2) is 10.2. The fourth-order valence-electron chi connectivity index (χ4n) is 3.00. The van der Waals surface area contributed by atoms with Gasteiger partial charge in [-0.05, 0) is 24.7 Å². The van der Waals surface area contributed by atoms with Gasteiger partial charge in [-0.25, -0.2) is 0 Å². The van der Waals surface area contributed by atoms with Gasteiger partial charge in [0.2, 0.25) is 17.7 Å². The van der Waals surface area contributed by atoms with Crippen LogP contribution in [0.4, 0.5) is 0 Å². The molecule has 0 spiro atoms. The lowest BCUT2D eigenvalue weighted by Crippen LogP contribution is -2.58. The van der Waals surface area contributed by atoms with E-state index in [1.165, 1.54) is 4.90 Å². The molecule has 0 radical (unpaired) electrons. The number of carboxylic acid groups (broad SMARTS) is 1. The predicted molar refractivity (Wildman–Crippen MR) is 99.6 cm³/mol. The molecule has 0 aromatic heterocycles. The third-order valence-electron chi connectivity index (χ3n) is 5.05. The molecule has 4 atom stereocenters. The van der Waals surface area contributed by atoms with Crippen molar-refractivity contribution in [1.82, 2.24) is 15.5 Å². The summed E-state index contributed by atoms with van der Waals surface area (Å²) >= 11 is 0. The van der Waals surface area contributed by atoms with Gasteiger partial charge in [-0.2, -0.15) is 0 Å². The number of amides is 3. The molecule has 1 fully saturated rings. The van der Waals surface area contributed by atoms with Crippen LogP contribution in [0.15, 0.2) is 0 Å². The Bertz CT molecular complexity index is 566. The maximum Gasteiger partial charge on any atom is 0.322 e. The van der Waals surface area contributed by atoms with Gasteiger partial charge in [0.05, 0.1) is 6.04 Å². The van der Waals surface area contributed by atoms with Gasteiger partial charge in [-0.3, -0.25) is 19.2 Å². The minimum Gasteiger partial charge on any atom is -0.480 e. The van der Waals surface area contributed by atoms with Crippen molar-refractivity contribution in [3.63, 3.8) is 0 Å². The third kappa shape index (κ3) is 6.20. The van der Waals surface area contributed by atoms with Gasteiger partial charge >= 0.3 is 5.97 Å². The van der Waals surface area contributed by atoms with Crippen molar-refractivity contribution < 1.29 is 24.3 Å². The maximum absolute atomic E-state index is 13.1. The molecule has 5 N–H and O–H groups in total. The summed E-state index contributed by atoms with van der Waals surface area (Å²) in [6, 6.07) is -2.23. The maximum atomic E-state index is 13.1. The van der Waals surface area contributed by atoms with Crippen LogP contribution < -0.4 is 16.4 Å². The van der Waals surface area contributed by atoms with E-state index in [4.69, 9.17) is 10.8 Å². The van der Waals surface area contributed by atoms with Gasteiger partial charge in [0.15, 0.2) is 0 Å². The molecule has 0 aromatic rings. The highest BCUT2D eigenvalue weighted by atomic mass is 16.4. The lowest BCUT2D eigenvalue weighted by molar-refractivity contribution is -0.143. The van der Waals surface area contributed by atoms with Crippen LogP contribution in [0.25, 0.3) is 0 Å². The first-order valence-corrected chi connectivity index (χ1v) is 9.46. The molecule has 1 aliphatic heterocycles. The average molecular weight is 384 g/mol. The van der Waals surface area contributed by atoms with E-state index in [2.05, 4.69) is 10.6 Å². The first-order chi connectivity index (χ1) is 12.6. The monoisotopic (exact) mass is 384 g/mol. The van der Waals surface area contributed by atoms with Gasteiger partial charge in [-0.15, -0.1) is 0 Å². The van der Waals surface area contributed by atoms with Crippen molar-refractivity contribution in [3.05, 3.63) is 0 Å². The highest BCUT2D eigenvalue weighted by molar-refractivity contribution is 5.94. The molecular weight excluding hydrogens is 352 g/mol. The summed E-state index contributed by atoms with van der Waals surface area (Å²) in [5.41, 5.74) is 5.89. The zero-order valence-corrected chi connectivity index (χ0v) is 16.5. The summed E-state index contributed by atoms with van der Waals surface area (Å²) in [6.45, 7) is 7.33. The second-order valence-electron chi connectivity index (χ2n) is 7.44. The summed E-state index contributed by atoms with van der Waals surface area (Å²) in [4.78, 5) is 49.8. The Kier molecular flexibility index (Phi) is 8.68. The Morgan fingerprint density at radius 1 is 1.22 bits per heavy atom. The Balaban J connectivity index is 2.91. The summed E-state index contributed by atoms with van der Waals surface area (Å²) in [7, 11) is 0. The molecule has 0 bridgehead atoms. The number of likely N-dealkylation sites (tertiary alicyclic amines) is 1. The quantitative estimate of drug-likeness (QED) is 0.430. The minimum absolute atomic E-state index is 0.0704. The molecule has 4 unspecified atom stereocenters. The van der Waals surface area contributed by atoms with Crippen molar-refractivity contribution in [2.45, 2.75) is 65.1 Å². The Labute approximate surface area is 160 Å². The third-order valence-corrected chi connectivity index (χ3v) is 5.05. The highest BCUT2D eigenvalue weighted by Gasteiger charge is 2.39. The number of hydrogen-bond acceptors (Lipinski definition) is 5. The molecular formula is C18H32N4O5. The Hall–Kier alpha value is -2.16. The molecule has 9 nitrogen and oxygen atoms in total. The number of nitrogens with two attached hydrogens (primary N) is 1. The van der Waals surface area contributed by atoms with Crippen LogP contribution >= 0.6 is 0 Å². The molecule has 27 heavy (non-hydrogen) atoms. The van der Waals surface area contributed by atoms with Crippen molar-refractivity contribution in [2.75, 3.05) is 13.1 Å². The second-order valence-corrected chi connectivity index (χ2v) is 7.44. The molecule has 0 aliphatic carbocycles. The largest absolute Gasteiger partial charge is 0.480 e. The van der Waals surface area contributed by atoms with Crippen LogP contribution in [-0.2, 0) is 19.2 Å². The van der Waals surface area contributed by atoms with Crippen molar-refractivity contribution in [1.29, 1.82) is 0 Å². The van der Waals surface area contributed by atoms with Gasteiger partial charge in [0.1, 0.15) is 18.6 Å². The van der Waals surface area contributed by atoms with E-state index < -0.39 is 42.5 Å². The van der Waals surface area contributed by atoms with E-state index >= 15 is 0 Å². The number of rotatable bonds is 9. The molecule has 1 rings (SSSR count). The molecule has 1 saturated heterocycles. The predicted octanol–water partition coefficient (Wildman–Crippen LogP) is -0.308. The van der Waals surface area contributed by atoms with E-state index in [1.54, 1.807) is 0 Å². The number of carboxylic acids is 1. The topological polar surface area (TPSA) is 142 Å². The van der Waals surface area contributed by atoms with Gasteiger partial charge < -0.3 is 26.4 Å². The number of carbonyl (C=O) groups is 4. The van der Waals surface area contributed by atoms with Gasteiger partial charge in [0, 0.05) is 6.54 Å². The van der Waals surface area contributed by atoms with Crippen LogP contribution in [0, 0.1) is 11.8 Å². The van der Waals surface area contributed by atoms with E-state index in [0.29, 0.717) is 25.8 Å². The van der Waals surface area contributed by atoms with Gasteiger partial charge in [-0.1, -0.05) is 34.1 Å². The van der Waals surface area contributed by atoms with Crippen molar-refractivity contribution >= 4 is 23.7 Å². The standard InChI is InChI=1S/C18H32N4O5/c1-5-11(4)15(21-17(26)14(19)10(2)3)18(27)22-8-6-7-12(22)16(25)20-9-13(23)24/h10-12,14-15H,5-9,19H2,1-4H3,(H,20,25)(H,21,26)(H,23,24). The first kappa shape index (κ1) is 22.9. The fourth-order valence-corrected chi connectivity index (χ4v) is 3.00. The summed E-state index contributed by atoms with van der Waals surface area (Å²) in [5.74, 6) is -2.57. The highest BCUT2D eigenvalue weighted by Crippen LogP contribution is 2.21. The smallest absolute Gasteiger partial charge is 0.322 e. The fraction of sp³-hybridized carbons (Fsp3) is 0.778. The normalized spacial score (nSPS) is 20.1. The van der Waals surface area contributed by atoms with E-state index in [9.17, 15) is 19.2 Å². The number of aliphatic carboxylic acids is 1. The van der Waals surface area contributed by atoms with Crippen LogP contribution in [-0.4, -0.2) is 64.9 Å². The van der Waals surface area contributed by atoms with E-state index in [0.717, 1.165) is 0 Å². The van der Waals surface area contributed by atoms with Crippen molar-refractivity contribution in [2.24, 2.45) is 17.6 Å². The van der Waals surface area contributed by atoms with Crippen LogP contribution in [0.3, 0.4) is 0 Å². The molecule has 0 saturated carbocycles. The zero-order valence-electron chi connectivity index (χ0n) is 16.5. The average Bonchev–Trinajstić information content (AvgIpc) is 3.11. The Morgan fingerprint density at radius 2 is 1.85 bits per heavy atom. The lowest BCUT2D eigenvalue weighted by Gasteiger charge is -2.32. The number of nitrogens with zero attached hydrogens (tertiary/aromatic N) is 1. The molecule has 9 heteroatoms. The van der Waals surface area contributed by atoms with Crippen molar-refractivity contribution in [3.8, 4) is 0 Å². The summed E-state index contributed by atoms with van der Waals surface area (Å²) < 4.78 is 0. The lowest BCUT2D eigenvalue weighted by atomic mass is 9.96. The zero-order chi connectivity index (χ0) is 20.7. The van der Waals surface area contributed by atoms with Gasteiger partial charge in [0.25, 0.3) is 0 Å². The number of carbonyl (C=O) groups excluding carboxylic acids is 3. The molecule has 0 aromatic carbocycles. The van der Waals surface area contributed by atoms with Crippen LogP contribution in [0.1, 0.15) is 47.0 Å². The summed E-state index contributed by atoms with van der Waals surface area (Å²) in [5, 5.41) is 13.8. The van der Waals surface area contributed by atoms with E-state index in [-0.39, 0.29) is 17.7 Å². The Morgan fingerprint density at radius 3 is 2.37 bits per heavy atom. The van der Waals surface area contributed by atoms with Crippen LogP contribution in [0.2, 0.25) is 0 Å². The SMILES string of the molecule is CCC(C)C(NC(=O)C(N)C(C)C)C(=O)N1CCCC1C(=O)NCC(=O)O. The summed E-state index contributed by atoms with van der Waals surface area (Å²) in [6.07, 6.45) is 1.77.